The van der Waals surface area contributed by atoms with Crippen molar-refractivity contribution in [2.75, 3.05) is 19.5 Å². The van der Waals surface area contributed by atoms with Crippen LogP contribution in [0.3, 0.4) is 0 Å². The fourth-order valence-corrected chi connectivity index (χ4v) is 3.22. The molecule has 0 aliphatic carbocycles. The first-order valence-electron chi connectivity index (χ1n) is 9.92. The van der Waals surface area contributed by atoms with Crippen molar-refractivity contribution in [3.8, 4) is 11.5 Å². The van der Waals surface area contributed by atoms with E-state index in [1.807, 2.05) is 32.0 Å². The molecule has 3 aromatic carbocycles. The number of carbonyl (C=O) groups excluding carboxylic acids is 2. The molecular formula is C25H26N2O4. The van der Waals surface area contributed by atoms with Gasteiger partial charge in [-0.2, -0.15) is 0 Å². The number of anilines is 1. The molecule has 0 aromatic heterocycles. The van der Waals surface area contributed by atoms with Crippen LogP contribution in [-0.4, -0.2) is 26.0 Å². The SMILES string of the molecule is COc1ccc(OC)c(C(C)NC(=O)c2ccc(C)c(NC(=O)c3ccccc3)c2)c1. The molecule has 3 aromatic rings. The highest BCUT2D eigenvalue weighted by Gasteiger charge is 2.17. The molecule has 2 amide bonds. The van der Waals surface area contributed by atoms with E-state index in [0.717, 1.165) is 11.1 Å². The van der Waals surface area contributed by atoms with Gasteiger partial charge in [0.15, 0.2) is 0 Å². The maximum atomic E-state index is 12.9. The van der Waals surface area contributed by atoms with Crippen molar-refractivity contribution in [1.82, 2.24) is 5.32 Å². The van der Waals surface area contributed by atoms with Gasteiger partial charge < -0.3 is 20.1 Å². The third-order valence-electron chi connectivity index (χ3n) is 5.03. The van der Waals surface area contributed by atoms with Crippen molar-refractivity contribution >= 4 is 17.5 Å². The summed E-state index contributed by atoms with van der Waals surface area (Å²) in [7, 11) is 3.17. The lowest BCUT2D eigenvalue weighted by atomic mass is 10.0. The van der Waals surface area contributed by atoms with Crippen LogP contribution >= 0.6 is 0 Å². The number of methoxy groups -OCH3 is 2. The summed E-state index contributed by atoms with van der Waals surface area (Å²) in [5.74, 6) is 0.856. The Morgan fingerprint density at radius 2 is 1.58 bits per heavy atom. The van der Waals surface area contributed by atoms with Crippen molar-refractivity contribution < 1.29 is 19.1 Å². The standard InChI is InChI=1S/C25H26N2O4/c1-16-10-11-19(14-22(16)27-24(28)18-8-6-5-7-9-18)25(29)26-17(2)21-15-20(30-3)12-13-23(21)31-4/h5-15,17H,1-4H3,(H,26,29)(H,27,28). The number of aryl methyl sites for hydroxylation is 1. The third kappa shape index (κ3) is 5.22. The van der Waals surface area contributed by atoms with Gasteiger partial charge in [0.25, 0.3) is 11.8 Å². The Hall–Kier alpha value is -3.80. The number of hydrogen-bond acceptors (Lipinski definition) is 4. The summed E-state index contributed by atoms with van der Waals surface area (Å²) < 4.78 is 10.7. The maximum Gasteiger partial charge on any atom is 0.255 e. The number of ether oxygens (including phenoxy) is 2. The summed E-state index contributed by atoms with van der Waals surface area (Å²) in [4.78, 5) is 25.4. The first-order valence-corrected chi connectivity index (χ1v) is 9.92. The van der Waals surface area contributed by atoms with Crippen molar-refractivity contribution in [3.05, 3.63) is 89.0 Å². The van der Waals surface area contributed by atoms with Crippen LogP contribution in [0.4, 0.5) is 5.69 Å². The van der Waals surface area contributed by atoms with Crippen LogP contribution in [-0.2, 0) is 0 Å². The summed E-state index contributed by atoms with van der Waals surface area (Å²) in [6, 6.07) is 19.3. The van der Waals surface area contributed by atoms with Crippen LogP contribution in [0.1, 0.15) is 44.8 Å². The number of rotatable bonds is 7. The Kier molecular flexibility index (Phi) is 6.92. The highest BCUT2D eigenvalue weighted by atomic mass is 16.5. The van der Waals surface area contributed by atoms with E-state index >= 15 is 0 Å². The molecule has 0 saturated heterocycles. The highest BCUT2D eigenvalue weighted by Crippen LogP contribution is 2.29. The monoisotopic (exact) mass is 418 g/mol. The fraction of sp³-hybridized carbons (Fsp3) is 0.200. The molecule has 0 bridgehead atoms. The molecule has 1 unspecified atom stereocenters. The fourth-order valence-electron chi connectivity index (χ4n) is 3.22. The zero-order chi connectivity index (χ0) is 22.4. The molecular weight excluding hydrogens is 392 g/mol. The molecule has 3 rings (SSSR count). The molecule has 0 fully saturated rings. The van der Waals surface area contributed by atoms with Gasteiger partial charge in [0.05, 0.1) is 20.3 Å². The van der Waals surface area contributed by atoms with Crippen LogP contribution in [0.5, 0.6) is 11.5 Å². The van der Waals surface area contributed by atoms with Gasteiger partial charge >= 0.3 is 0 Å². The van der Waals surface area contributed by atoms with Crippen LogP contribution in [0.25, 0.3) is 0 Å². The second kappa shape index (κ2) is 9.80. The van der Waals surface area contributed by atoms with E-state index in [4.69, 9.17) is 9.47 Å². The lowest BCUT2D eigenvalue weighted by Crippen LogP contribution is -2.27. The molecule has 31 heavy (non-hydrogen) atoms. The Balaban J connectivity index is 1.78. The largest absolute Gasteiger partial charge is 0.497 e. The first kappa shape index (κ1) is 21.9. The quantitative estimate of drug-likeness (QED) is 0.580. The van der Waals surface area contributed by atoms with Gasteiger partial charge in [-0.25, -0.2) is 0 Å². The van der Waals surface area contributed by atoms with Gasteiger partial charge in [0.1, 0.15) is 11.5 Å². The Bertz CT molecular complexity index is 1080. The minimum absolute atomic E-state index is 0.226. The molecule has 0 spiro atoms. The lowest BCUT2D eigenvalue weighted by molar-refractivity contribution is 0.0938. The number of hydrogen-bond donors (Lipinski definition) is 2. The Morgan fingerprint density at radius 3 is 2.26 bits per heavy atom. The minimum Gasteiger partial charge on any atom is -0.497 e. The van der Waals surface area contributed by atoms with Gasteiger partial charge in [0.2, 0.25) is 0 Å². The molecule has 2 N–H and O–H groups in total. The summed E-state index contributed by atoms with van der Waals surface area (Å²) in [5.41, 5.74) is 3.26. The summed E-state index contributed by atoms with van der Waals surface area (Å²) in [6.07, 6.45) is 0. The molecule has 0 radical (unpaired) electrons. The van der Waals surface area contributed by atoms with Crippen molar-refractivity contribution in [2.45, 2.75) is 19.9 Å². The number of benzene rings is 3. The average molecular weight is 418 g/mol. The van der Waals surface area contributed by atoms with Gasteiger partial charge in [-0.1, -0.05) is 24.3 Å². The predicted molar refractivity (Wildman–Crippen MR) is 121 cm³/mol. The van der Waals surface area contributed by atoms with Gasteiger partial charge in [-0.15, -0.1) is 0 Å². The third-order valence-corrected chi connectivity index (χ3v) is 5.03. The van der Waals surface area contributed by atoms with Gasteiger partial charge in [0, 0.05) is 22.4 Å². The Labute approximate surface area is 182 Å². The van der Waals surface area contributed by atoms with Crippen LogP contribution in [0.2, 0.25) is 0 Å². The maximum absolute atomic E-state index is 12.9. The van der Waals surface area contributed by atoms with Crippen LogP contribution < -0.4 is 20.1 Å². The molecule has 160 valence electrons. The lowest BCUT2D eigenvalue weighted by Gasteiger charge is -2.19. The molecule has 6 heteroatoms. The number of amides is 2. The average Bonchev–Trinajstić information content (AvgIpc) is 2.80. The molecule has 0 heterocycles. The predicted octanol–water partition coefficient (Wildman–Crippen LogP) is 4.76. The van der Waals surface area contributed by atoms with Crippen LogP contribution in [0, 0.1) is 6.92 Å². The van der Waals surface area contributed by atoms with Crippen molar-refractivity contribution in [1.29, 1.82) is 0 Å². The molecule has 0 aliphatic rings. The summed E-state index contributed by atoms with van der Waals surface area (Å²) in [5, 5.41) is 5.87. The van der Waals surface area contributed by atoms with Gasteiger partial charge in [-0.3, -0.25) is 9.59 Å². The van der Waals surface area contributed by atoms with Gasteiger partial charge in [-0.05, 0) is 61.9 Å². The zero-order valence-corrected chi connectivity index (χ0v) is 18.1. The molecule has 0 saturated carbocycles. The van der Waals surface area contributed by atoms with Crippen LogP contribution in [0.15, 0.2) is 66.7 Å². The van der Waals surface area contributed by atoms with Crippen molar-refractivity contribution in [2.24, 2.45) is 0 Å². The molecule has 0 aliphatic heterocycles. The van der Waals surface area contributed by atoms with E-state index in [0.29, 0.717) is 28.3 Å². The van der Waals surface area contributed by atoms with Crippen molar-refractivity contribution in [3.63, 3.8) is 0 Å². The normalized spacial score (nSPS) is 11.4. The summed E-state index contributed by atoms with van der Waals surface area (Å²) in [6.45, 7) is 3.76. The molecule has 1 atom stereocenters. The van der Waals surface area contributed by atoms with E-state index in [-0.39, 0.29) is 17.9 Å². The summed E-state index contributed by atoms with van der Waals surface area (Å²) >= 11 is 0. The Morgan fingerprint density at radius 1 is 0.839 bits per heavy atom. The number of nitrogens with one attached hydrogen (secondary N) is 2. The zero-order valence-electron chi connectivity index (χ0n) is 18.1. The number of carbonyl (C=O) groups is 2. The van der Waals surface area contributed by atoms with E-state index in [9.17, 15) is 9.59 Å². The van der Waals surface area contributed by atoms with E-state index in [1.165, 1.54) is 0 Å². The van der Waals surface area contributed by atoms with E-state index < -0.39 is 0 Å². The topological polar surface area (TPSA) is 76.7 Å². The van der Waals surface area contributed by atoms with E-state index in [1.54, 1.807) is 62.8 Å². The smallest absolute Gasteiger partial charge is 0.255 e. The first-order chi connectivity index (χ1) is 14.9. The van der Waals surface area contributed by atoms with E-state index in [2.05, 4.69) is 10.6 Å². The minimum atomic E-state index is -0.318. The second-order valence-electron chi connectivity index (χ2n) is 7.15. The second-order valence-corrected chi connectivity index (χ2v) is 7.15. The molecule has 6 nitrogen and oxygen atoms in total. The highest BCUT2D eigenvalue weighted by molar-refractivity contribution is 6.05.